The first kappa shape index (κ1) is 24.6. The fourth-order valence-electron chi connectivity index (χ4n) is 0. The summed E-state index contributed by atoms with van der Waals surface area (Å²) >= 11 is 2.92. The molecule has 0 heterocycles. The molecule has 0 aliphatic rings. The van der Waals surface area contributed by atoms with Crippen molar-refractivity contribution in [3.05, 3.63) is 0 Å². The molecular weight excluding hydrogens is 384 g/mol. The van der Waals surface area contributed by atoms with E-state index in [2.05, 4.69) is 15.9 Å². The summed E-state index contributed by atoms with van der Waals surface area (Å²) in [6.07, 6.45) is 0. The molecule has 6 heavy (non-hydrogen) atoms. The van der Waals surface area contributed by atoms with Crippen molar-refractivity contribution in [3.63, 3.8) is 0 Å². The van der Waals surface area contributed by atoms with E-state index in [4.69, 9.17) is 5.73 Å². The average molecular weight is 392 g/mol. The first-order chi connectivity index (χ1) is 1.41. The van der Waals surface area contributed by atoms with Gasteiger partial charge in [0, 0.05) is 5.45 Å². The summed E-state index contributed by atoms with van der Waals surface area (Å²) in [6, 6.07) is 0. The Labute approximate surface area is 78.5 Å². The Morgan fingerprint density at radius 3 is 1.33 bits per heavy atom. The Kier molecular flexibility index (Phi) is 116. The summed E-state index contributed by atoms with van der Waals surface area (Å²) in [7, 11) is 0. The number of halogens is 3. The van der Waals surface area contributed by atoms with Gasteiger partial charge in [-0.15, -0.1) is 24.8 Å². The molecule has 0 bridgehead atoms. The summed E-state index contributed by atoms with van der Waals surface area (Å²) in [5, 5.41) is 0. The van der Waals surface area contributed by atoms with Crippen molar-refractivity contribution < 1.29 is 0 Å². The molecule has 0 unspecified atom stereocenters. The molecule has 0 spiro atoms. The molecule has 0 aliphatic carbocycles. The molecule has 0 saturated heterocycles. The van der Waals surface area contributed by atoms with E-state index in [0.717, 1.165) is 0 Å². The molecule has 1 nitrogen and oxygen atoms in total. The Bertz CT molecular complexity index is 13.5. The van der Waals surface area contributed by atoms with Gasteiger partial charge in [-0.05, 0) is 0 Å². The van der Waals surface area contributed by atoms with Gasteiger partial charge in [-0.25, -0.2) is 0 Å². The van der Waals surface area contributed by atoms with Gasteiger partial charge in [0.05, 0.1) is 0 Å². The Hall–Kier alpha value is 1.94. The number of alkyl halides is 1. The molecule has 0 amide bonds. The van der Waals surface area contributed by atoms with Crippen LogP contribution in [0.5, 0.6) is 0 Å². The molecule has 5 heteroatoms. The van der Waals surface area contributed by atoms with Gasteiger partial charge in [0.25, 0.3) is 0 Å². The molecule has 0 rings (SSSR count). The molecule has 2 N–H and O–H groups in total. The van der Waals surface area contributed by atoms with Crippen LogP contribution in [0.1, 0.15) is 0 Å². The fraction of sp³-hybridized carbons (Fsp3) is 1.00. The average Bonchev–Trinajstić information content (AvgIpc) is 0.918. The second-order valence-electron chi connectivity index (χ2n) is 0.154. The maximum atomic E-state index is 4.76. The van der Waals surface area contributed by atoms with Crippen molar-refractivity contribution >= 4 is 68.0 Å². The third-order valence-corrected chi connectivity index (χ3v) is 0. The Morgan fingerprint density at radius 2 is 1.33 bits per heavy atom. The molecule has 0 aromatic heterocycles. The number of hydrogen-bond donors (Lipinski definition) is 1. The molecule has 0 aromatic carbocycles. The number of hydrogen-bond acceptors (Lipinski definition) is 1. The van der Waals surface area contributed by atoms with Gasteiger partial charge in [-0.2, -0.15) is 0 Å². The molecular formula is CH8BrCl2NPb. The van der Waals surface area contributed by atoms with Gasteiger partial charge in [0.2, 0.25) is 0 Å². The summed E-state index contributed by atoms with van der Waals surface area (Å²) in [6.45, 7) is 0. The van der Waals surface area contributed by atoms with Crippen LogP contribution in [-0.2, 0) is 0 Å². The predicted octanol–water partition coefficient (Wildman–Crippen LogP) is 0.225. The van der Waals surface area contributed by atoms with Crippen molar-refractivity contribution in [1.82, 2.24) is 0 Å². The van der Waals surface area contributed by atoms with Gasteiger partial charge in [-0.1, -0.05) is 15.9 Å². The van der Waals surface area contributed by atoms with Crippen molar-refractivity contribution in [1.29, 1.82) is 0 Å². The van der Waals surface area contributed by atoms with Crippen LogP contribution in [0.3, 0.4) is 0 Å². The molecule has 0 atom stereocenters. The third kappa shape index (κ3) is 38.5. The van der Waals surface area contributed by atoms with Crippen LogP contribution in [0.2, 0.25) is 0 Å². The van der Waals surface area contributed by atoms with Gasteiger partial charge >= 0.3 is 27.3 Å². The molecule has 0 fully saturated rings. The van der Waals surface area contributed by atoms with Crippen LogP contribution in [0.4, 0.5) is 0 Å². The van der Waals surface area contributed by atoms with Crippen LogP contribution in [-0.4, -0.2) is 32.8 Å². The van der Waals surface area contributed by atoms with Crippen molar-refractivity contribution in [3.8, 4) is 0 Å². The zero-order valence-electron chi connectivity index (χ0n) is 3.19. The van der Waals surface area contributed by atoms with E-state index in [0.29, 0.717) is 5.45 Å². The monoisotopic (exact) mass is 391 g/mol. The van der Waals surface area contributed by atoms with Crippen LogP contribution in [0.15, 0.2) is 0 Å². The third-order valence-electron chi connectivity index (χ3n) is 0. The summed E-state index contributed by atoms with van der Waals surface area (Å²) in [4.78, 5) is 0. The van der Waals surface area contributed by atoms with E-state index in [1.165, 1.54) is 0 Å². The first-order valence-corrected chi connectivity index (χ1v) is 1.80. The Morgan fingerprint density at radius 1 is 1.33 bits per heavy atom. The molecule has 0 aliphatic heterocycles. The van der Waals surface area contributed by atoms with E-state index in [1.54, 1.807) is 0 Å². The van der Waals surface area contributed by atoms with Crippen molar-refractivity contribution in [2.75, 3.05) is 5.45 Å². The molecule has 0 aromatic rings. The van der Waals surface area contributed by atoms with E-state index in [1.807, 2.05) is 0 Å². The van der Waals surface area contributed by atoms with Gasteiger partial charge in [0.15, 0.2) is 0 Å². The normalized spacial score (nSPS) is 3.00. The van der Waals surface area contributed by atoms with Crippen molar-refractivity contribution in [2.45, 2.75) is 0 Å². The summed E-state index contributed by atoms with van der Waals surface area (Å²) in [5.41, 5.74) is 5.33. The molecule has 0 saturated carbocycles. The van der Waals surface area contributed by atoms with Gasteiger partial charge in [0.1, 0.15) is 0 Å². The molecule has 42 valence electrons. The number of nitrogens with two attached hydrogens (primary N) is 1. The predicted molar refractivity (Wildman–Crippen MR) is 41.0 cm³/mol. The van der Waals surface area contributed by atoms with Crippen LogP contribution < -0.4 is 5.73 Å². The second-order valence-corrected chi connectivity index (χ2v) is 0.802. The Balaban J connectivity index is -0.00000000667. The first-order valence-electron chi connectivity index (χ1n) is 0.676. The van der Waals surface area contributed by atoms with Crippen molar-refractivity contribution in [2.24, 2.45) is 5.73 Å². The van der Waals surface area contributed by atoms with E-state index in [9.17, 15) is 0 Å². The second kappa shape index (κ2) is 28.3. The number of rotatable bonds is 0. The van der Waals surface area contributed by atoms with Gasteiger partial charge in [-0.3, -0.25) is 0 Å². The summed E-state index contributed by atoms with van der Waals surface area (Å²) < 4.78 is 0. The topological polar surface area (TPSA) is 26.0 Å². The maximum absolute atomic E-state index is 4.76. The minimum atomic E-state index is 0. The van der Waals surface area contributed by atoms with E-state index in [-0.39, 0.29) is 52.1 Å². The molecule has 2 radical (unpaired) electrons. The van der Waals surface area contributed by atoms with Crippen LogP contribution in [0, 0.1) is 0 Å². The van der Waals surface area contributed by atoms with E-state index >= 15 is 0 Å². The van der Waals surface area contributed by atoms with E-state index < -0.39 is 0 Å². The fourth-order valence-corrected chi connectivity index (χ4v) is 0. The zero-order chi connectivity index (χ0) is 2.71. The quantitative estimate of drug-likeness (QED) is 0.357. The summed E-state index contributed by atoms with van der Waals surface area (Å²) in [5.74, 6) is 0. The SMILES string of the molecule is Cl.Cl.NCBr.[PbH2]. The minimum absolute atomic E-state index is 0. The zero-order valence-corrected chi connectivity index (χ0v) is 11.9. The standard InChI is InChI=1S/CH4BrN.2ClH.Pb.2H/c2-1-3;;;;;/h1,3H2;2*1H;;;. The van der Waals surface area contributed by atoms with Crippen LogP contribution in [0.25, 0.3) is 0 Å². The van der Waals surface area contributed by atoms with Gasteiger partial charge < -0.3 is 5.73 Å². The van der Waals surface area contributed by atoms with Crippen LogP contribution >= 0.6 is 40.7 Å².